The second-order valence-electron chi connectivity index (χ2n) is 4.12. The van der Waals surface area contributed by atoms with Gasteiger partial charge in [-0.25, -0.2) is 0 Å². The van der Waals surface area contributed by atoms with E-state index in [2.05, 4.69) is 30.1 Å². The van der Waals surface area contributed by atoms with Gasteiger partial charge in [0, 0.05) is 18.0 Å². The Hall–Kier alpha value is -0.870. The number of thiophene rings is 1. The minimum atomic E-state index is 0.102. The molecule has 2 heterocycles. The molecule has 1 aliphatic rings. The molecule has 1 aromatic heterocycles. The van der Waals surface area contributed by atoms with Crippen LogP contribution in [0.2, 0.25) is 0 Å². The first-order valence-corrected chi connectivity index (χ1v) is 6.68. The third-order valence-electron chi connectivity index (χ3n) is 2.87. The van der Waals surface area contributed by atoms with E-state index in [0.717, 1.165) is 24.5 Å². The molecule has 16 heavy (non-hydrogen) atoms. The first-order chi connectivity index (χ1) is 7.74. The van der Waals surface area contributed by atoms with Crippen molar-refractivity contribution < 1.29 is 4.79 Å². The van der Waals surface area contributed by atoms with E-state index in [0.29, 0.717) is 6.54 Å². The highest BCUT2D eigenvalue weighted by Gasteiger charge is 2.22. The summed E-state index contributed by atoms with van der Waals surface area (Å²) < 4.78 is 0. The van der Waals surface area contributed by atoms with Crippen LogP contribution in [-0.4, -0.2) is 23.9 Å². The summed E-state index contributed by atoms with van der Waals surface area (Å²) in [6, 6.07) is 2.18. The molecule has 0 bridgehead atoms. The van der Waals surface area contributed by atoms with Gasteiger partial charge in [0.05, 0.1) is 4.88 Å². The monoisotopic (exact) mass is 238 g/mol. The summed E-state index contributed by atoms with van der Waals surface area (Å²) in [6.07, 6.45) is 1.18. The Kier molecular flexibility index (Phi) is 3.61. The molecule has 1 aliphatic heterocycles. The molecule has 1 aromatic rings. The molecule has 0 unspecified atom stereocenters. The molecule has 0 radical (unpaired) electrons. The molecule has 4 heteroatoms. The van der Waals surface area contributed by atoms with Crippen LogP contribution >= 0.6 is 11.3 Å². The van der Waals surface area contributed by atoms with Crippen molar-refractivity contribution in [2.24, 2.45) is 0 Å². The fourth-order valence-corrected chi connectivity index (χ4v) is 3.17. The maximum atomic E-state index is 11.4. The Balaban J connectivity index is 2.05. The Bertz CT molecular complexity index is 386. The molecule has 0 aliphatic carbocycles. The van der Waals surface area contributed by atoms with Gasteiger partial charge in [-0.05, 0) is 31.1 Å². The van der Waals surface area contributed by atoms with Crippen LogP contribution < -0.4 is 5.32 Å². The number of carbonyl (C=O) groups excluding carboxylic acids is 1. The molecule has 0 saturated carbocycles. The number of nitrogens with zero attached hydrogens (tertiary/aromatic N) is 1. The fourth-order valence-electron chi connectivity index (χ4n) is 2.03. The number of carbonyl (C=O) groups is 1. The Labute approximate surface area is 100 Å². The van der Waals surface area contributed by atoms with E-state index < -0.39 is 0 Å². The summed E-state index contributed by atoms with van der Waals surface area (Å²) >= 11 is 1.65. The summed E-state index contributed by atoms with van der Waals surface area (Å²) in [5.74, 6) is 0.102. The van der Waals surface area contributed by atoms with Gasteiger partial charge in [0.1, 0.15) is 0 Å². The maximum Gasteiger partial charge on any atom is 0.261 e. The van der Waals surface area contributed by atoms with E-state index >= 15 is 0 Å². The van der Waals surface area contributed by atoms with E-state index in [4.69, 9.17) is 0 Å². The molecular weight excluding hydrogens is 220 g/mol. The van der Waals surface area contributed by atoms with Crippen LogP contribution in [0.5, 0.6) is 0 Å². The highest BCUT2D eigenvalue weighted by Crippen LogP contribution is 2.27. The molecule has 2 rings (SSSR count). The lowest BCUT2D eigenvalue weighted by molar-refractivity contribution is 0.0969. The largest absolute Gasteiger partial charge is 0.347 e. The number of amides is 1. The Morgan fingerprint density at radius 2 is 2.31 bits per heavy atom. The van der Waals surface area contributed by atoms with Crippen molar-refractivity contribution in [3.05, 3.63) is 21.4 Å². The molecule has 1 amide bonds. The van der Waals surface area contributed by atoms with Gasteiger partial charge in [-0.2, -0.15) is 0 Å². The molecule has 1 N–H and O–H groups in total. The van der Waals surface area contributed by atoms with Crippen LogP contribution in [0, 0.1) is 0 Å². The lowest BCUT2D eigenvalue weighted by Gasteiger charge is -2.18. The van der Waals surface area contributed by atoms with Crippen LogP contribution in [0.15, 0.2) is 6.07 Å². The zero-order chi connectivity index (χ0) is 11.5. The average molecular weight is 238 g/mol. The van der Waals surface area contributed by atoms with Crippen LogP contribution in [0.3, 0.4) is 0 Å². The standard InChI is InChI=1S/C12H18N2OS/c1-3-5-14(4-2)8-10-6-9-7-13-12(15)11(9)16-10/h6H,3-5,7-8H2,1-2H3,(H,13,15). The minimum Gasteiger partial charge on any atom is -0.347 e. The molecular formula is C12H18N2OS. The SMILES string of the molecule is CCCN(CC)Cc1cc2c(s1)C(=O)NC2. The normalized spacial score (nSPS) is 14.3. The lowest BCUT2D eigenvalue weighted by atomic mass is 10.2. The van der Waals surface area contributed by atoms with E-state index in [1.807, 2.05) is 0 Å². The maximum absolute atomic E-state index is 11.4. The number of fused-ring (bicyclic) bond motifs is 1. The predicted octanol–water partition coefficient (Wildman–Crippen LogP) is 2.22. The summed E-state index contributed by atoms with van der Waals surface area (Å²) in [4.78, 5) is 16.1. The third kappa shape index (κ3) is 2.28. The van der Waals surface area contributed by atoms with Gasteiger partial charge in [-0.15, -0.1) is 11.3 Å². The molecule has 0 spiro atoms. The predicted molar refractivity (Wildman–Crippen MR) is 66.7 cm³/mol. The van der Waals surface area contributed by atoms with Crippen molar-refractivity contribution >= 4 is 17.2 Å². The van der Waals surface area contributed by atoms with Crippen molar-refractivity contribution in [3.63, 3.8) is 0 Å². The van der Waals surface area contributed by atoms with Gasteiger partial charge in [-0.3, -0.25) is 9.69 Å². The van der Waals surface area contributed by atoms with Gasteiger partial charge in [0.25, 0.3) is 5.91 Å². The minimum absolute atomic E-state index is 0.102. The van der Waals surface area contributed by atoms with Crippen LogP contribution in [0.25, 0.3) is 0 Å². The second-order valence-corrected chi connectivity index (χ2v) is 5.26. The van der Waals surface area contributed by atoms with Gasteiger partial charge in [0.2, 0.25) is 0 Å². The topological polar surface area (TPSA) is 32.3 Å². The lowest BCUT2D eigenvalue weighted by Crippen LogP contribution is -2.23. The highest BCUT2D eigenvalue weighted by molar-refractivity contribution is 7.14. The van der Waals surface area contributed by atoms with E-state index in [1.54, 1.807) is 11.3 Å². The molecule has 88 valence electrons. The highest BCUT2D eigenvalue weighted by atomic mass is 32.1. The molecule has 0 fully saturated rings. The smallest absolute Gasteiger partial charge is 0.261 e. The number of rotatable bonds is 5. The molecule has 0 atom stereocenters. The second kappa shape index (κ2) is 4.97. The van der Waals surface area contributed by atoms with Crippen molar-refractivity contribution in [1.82, 2.24) is 10.2 Å². The van der Waals surface area contributed by atoms with Gasteiger partial charge >= 0.3 is 0 Å². The van der Waals surface area contributed by atoms with Crippen LogP contribution in [0.4, 0.5) is 0 Å². The molecule has 0 saturated heterocycles. The van der Waals surface area contributed by atoms with Gasteiger partial charge < -0.3 is 5.32 Å². The summed E-state index contributed by atoms with van der Waals surface area (Å²) in [5, 5.41) is 2.84. The third-order valence-corrected chi connectivity index (χ3v) is 4.03. The van der Waals surface area contributed by atoms with Crippen LogP contribution in [-0.2, 0) is 13.1 Å². The van der Waals surface area contributed by atoms with Gasteiger partial charge in [-0.1, -0.05) is 13.8 Å². The van der Waals surface area contributed by atoms with Crippen LogP contribution in [0.1, 0.15) is 40.4 Å². The molecule has 3 nitrogen and oxygen atoms in total. The summed E-state index contributed by atoms with van der Waals surface area (Å²) in [5.41, 5.74) is 1.18. The zero-order valence-corrected chi connectivity index (χ0v) is 10.7. The van der Waals surface area contributed by atoms with Crippen molar-refractivity contribution in [3.8, 4) is 0 Å². The summed E-state index contributed by atoms with van der Waals surface area (Å²) in [6.45, 7) is 8.28. The molecule has 0 aromatic carbocycles. The fraction of sp³-hybridized carbons (Fsp3) is 0.583. The Morgan fingerprint density at radius 1 is 1.50 bits per heavy atom. The van der Waals surface area contributed by atoms with Crippen molar-refractivity contribution in [1.29, 1.82) is 0 Å². The van der Waals surface area contributed by atoms with Crippen molar-refractivity contribution in [2.75, 3.05) is 13.1 Å². The van der Waals surface area contributed by atoms with E-state index in [1.165, 1.54) is 16.9 Å². The number of nitrogens with one attached hydrogen (secondary N) is 1. The Morgan fingerprint density at radius 3 is 2.94 bits per heavy atom. The van der Waals surface area contributed by atoms with Crippen molar-refractivity contribution in [2.45, 2.75) is 33.4 Å². The van der Waals surface area contributed by atoms with E-state index in [9.17, 15) is 4.79 Å². The van der Waals surface area contributed by atoms with Gasteiger partial charge in [0.15, 0.2) is 0 Å². The first kappa shape index (κ1) is 11.6. The number of hydrogen-bond donors (Lipinski definition) is 1. The zero-order valence-electron chi connectivity index (χ0n) is 9.88. The quantitative estimate of drug-likeness (QED) is 0.853. The number of hydrogen-bond acceptors (Lipinski definition) is 3. The van der Waals surface area contributed by atoms with E-state index in [-0.39, 0.29) is 5.91 Å². The summed E-state index contributed by atoms with van der Waals surface area (Å²) in [7, 11) is 0. The first-order valence-electron chi connectivity index (χ1n) is 5.86. The average Bonchev–Trinajstić information content (AvgIpc) is 2.81.